The number of benzene rings is 1. The summed E-state index contributed by atoms with van der Waals surface area (Å²) < 4.78 is 36.7. The van der Waals surface area contributed by atoms with Gasteiger partial charge in [-0.15, -0.1) is 0 Å². The molecule has 0 atom stereocenters. The zero-order valence-corrected chi connectivity index (χ0v) is 24.9. The number of sulfone groups is 1. The van der Waals surface area contributed by atoms with Gasteiger partial charge in [0.15, 0.2) is 15.7 Å². The molecule has 2 aliphatic rings. The summed E-state index contributed by atoms with van der Waals surface area (Å²) in [6, 6.07) is 3.39. The first-order chi connectivity index (χ1) is 19.0. The first kappa shape index (κ1) is 29.9. The zero-order valence-electron chi connectivity index (χ0n) is 24.1. The predicted octanol–water partition coefficient (Wildman–Crippen LogP) is 0.908. The number of piperazine rings is 1. The Bertz CT molecular complexity index is 1290. The van der Waals surface area contributed by atoms with Gasteiger partial charge in [0.1, 0.15) is 17.9 Å². The highest BCUT2D eigenvalue weighted by Crippen LogP contribution is 2.28. The third-order valence-electron chi connectivity index (χ3n) is 7.83. The van der Waals surface area contributed by atoms with Crippen molar-refractivity contribution in [3.05, 3.63) is 35.0 Å². The molecule has 0 saturated carbocycles. The van der Waals surface area contributed by atoms with Gasteiger partial charge in [-0.1, -0.05) is 5.16 Å². The number of piperidine rings is 1. The van der Waals surface area contributed by atoms with Crippen LogP contribution in [-0.4, -0.2) is 123 Å². The number of rotatable bonds is 9. The Kier molecular flexibility index (Phi) is 9.47. The largest absolute Gasteiger partial charge is 0.497 e. The summed E-state index contributed by atoms with van der Waals surface area (Å²) in [5.74, 6) is 0.247. The number of aromatic nitrogens is 2. The van der Waals surface area contributed by atoms with E-state index in [-0.39, 0.29) is 40.9 Å². The molecule has 1 aromatic carbocycles. The number of carbonyl (C=O) groups is 2. The van der Waals surface area contributed by atoms with Crippen molar-refractivity contribution in [1.82, 2.24) is 29.7 Å². The first-order valence-corrected chi connectivity index (χ1v) is 15.3. The fourth-order valence-electron chi connectivity index (χ4n) is 5.45. The Morgan fingerprint density at radius 2 is 1.70 bits per heavy atom. The van der Waals surface area contributed by atoms with E-state index in [0.717, 1.165) is 52.1 Å². The number of amides is 2. The summed E-state index contributed by atoms with van der Waals surface area (Å²) >= 11 is 0. The van der Waals surface area contributed by atoms with Gasteiger partial charge in [0.05, 0.1) is 18.6 Å². The van der Waals surface area contributed by atoms with Gasteiger partial charge in [0.25, 0.3) is 0 Å². The zero-order chi connectivity index (χ0) is 29.0. The molecule has 1 aromatic heterocycles. The molecular formula is C27H40N6O6S. The number of carbonyl (C=O) groups excluding carboxylic acids is 2. The molecule has 2 aromatic rings. The molecule has 40 heavy (non-hydrogen) atoms. The topological polar surface area (TPSA) is 129 Å². The Labute approximate surface area is 236 Å². The second-order valence-corrected chi connectivity index (χ2v) is 12.8. The highest BCUT2D eigenvalue weighted by atomic mass is 32.2. The highest BCUT2D eigenvalue weighted by Gasteiger charge is 2.29. The van der Waals surface area contributed by atoms with Gasteiger partial charge in [0.2, 0.25) is 17.7 Å². The predicted molar refractivity (Wildman–Crippen MR) is 148 cm³/mol. The van der Waals surface area contributed by atoms with Crippen molar-refractivity contribution in [3.8, 4) is 5.75 Å². The molecule has 3 heterocycles. The lowest BCUT2D eigenvalue weighted by Crippen LogP contribution is -2.52. The van der Waals surface area contributed by atoms with Gasteiger partial charge >= 0.3 is 0 Å². The lowest BCUT2D eigenvalue weighted by atomic mass is 10.0. The molecule has 13 heteroatoms. The van der Waals surface area contributed by atoms with Crippen molar-refractivity contribution in [2.45, 2.75) is 49.8 Å². The van der Waals surface area contributed by atoms with Crippen LogP contribution in [-0.2, 0) is 31.6 Å². The van der Waals surface area contributed by atoms with Crippen molar-refractivity contribution >= 4 is 21.7 Å². The minimum absolute atomic E-state index is 0.0124. The van der Waals surface area contributed by atoms with Crippen LogP contribution < -0.4 is 4.74 Å². The minimum atomic E-state index is -3.74. The Morgan fingerprint density at radius 3 is 2.30 bits per heavy atom. The molecule has 0 unspecified atom stereocenters. The van der Waals surface area contributed by atoms with Crippen LogP contribution in [0.25, 0.3) is 0 Å². The molecule has 2 saturated heterocycles. The monoisotopic (exact) mass is 576 g/mol. The van der Waals surface area contributed by atoms with E-state index in [0.29, 0.717) is 23.4 Å². The van der Waals surface area contributed by atoms with Crippen LogP contribution >= 0.6 is 0 Å². The van der Waals surface area contributed by atoms with Gasteiger partial charge < -0.3 is 24.0 Å². The molecule has 12 nitrogen and oxygen atoms in total. The molecule has 0 spiro atoms. The number of likely N-dealkylation sites (tertiary alicyclic amines) is 1. The SMILES string of the molecule is COc1cc(C)c(S(=O)(=O)Cc2noc(CC(=O)N(C)C3CCN(CC(=O)N4CCN(C)CC4)CC3)n2)c(C)c1. The average Bonchev–Trinajstić information content (AvgIpc) is 3.33. The average molecular weight is 577 g/mol. The minimum Gasteiger partial charge on any atom is -0.497 e. The number of methoxy groups -OCH3 is 1. The van der Waals surface area contributed by atoms with E-state index >= 15 is 0 Å². The number of hydrogen-bond acceptors (Lipinski definition) is 10. The Morgan fingerprint density at radius 1 is 1.07 bits per heavy atom. The third kappa shape index (κ3) is 7.18. The van der Waals surface area contributed by atoms with Crippen molar-refractivity contribution < 1.29 is 27.3 Å². The molecule has 4 rings (SSSR count). The molecule has 220 valence electrons. The van der Waals surface area contributed by atoms with Crippen molar-refractivity contribution in [1.29, 1.82) is 0 Å². The second kappa shape index (κ2) is 12.6. The maximum Gasteiger partial charge on any atom is 0.236 e. The van der Waals surface area contributed by atoms with Crippen molar-refractivity contribution in [2.24, 2.45) is 0 Å². The van der Waals surface area contributed by atoms with Gasteiger partial charge in [0, 0.05) is 52.4 Å². The fourth-order valence-corrected chi connectivity index (χ4v) is 7.15. The second-order valence-electron chi connectivity index (χ2n) is 10.8. The molecule has 0 N–H and O–H groups in total. The van der Waals surface area contributed by atoms with Crippen LogP contribution in [0.15, 0.2) is 21.6 Å². The summed E-state index contributed by atoms with van der Waals surface area (Å²) in [5, 5.41) is 3.82. The summed E-state index contributed by atoms with van der Waals surface area (Å²) in [4.78, 5) is 38.0. The number of nitrogens with zero attached hydrogens (tertiary/aromatic N) is 6. The number of likely N-dealkylation sites (N-methyl/N-ethyl adjacent to an activating group) is 2. The molecular weight excluding hydrogens is 536 g/mol. The lowest BCUT2D eigenvalue weighted by Gasteiger charge is -2.38. The van der Waals surface area contributed by atoms with E-state index in [4.69, 9.17) is 9.26 Å². The third-order valence-corrected chi connectivity index (χ3v) is 9.73. The van der Waals surface area contributed by atoms with E-state index in [2.05, 4.69) is 27.0 Å². The first-order valence-electron chi connectivity index (χ1n) is 13.6. The molecule has 2 fully saturated rings. The van der Waals surface area contributed by atoms with E-state index in [1.54, 1.807) is 37.9 Å². The van der Waals surface area contributed by atoms with Crippen molar-refractivity contribution in [2.75, 3.05) is 67.0 Å². The summed E-state index contributed by atoms with van der Waals surface area (Å²) in [7, 11) is 1.62. The van der Waals surface area contributed by atoms with Crippen LogP contribution in [0.3, 0.4) is 0 Å². The van der Waals surface area contributed by atoms with Crippen LogP contribution in [0.1, 0.15) is 35.7 Å². The fraction of sp³-hybridized carbons (Fsp3) is 0.630. The molecule has 2 aliphatic heterocycles. The Balaban J connectivity index is 1.27. The van der Waals surface area contributed by atoms with Crippen LogP contribution in [0.2, 0.25) is 0 Å². The number of ether oxygens (including phenoxy) is 1. The molecule has 0 radical (unpaired) electrons. The van der Waals surface area contributed by atoms with Crippen LogP contribution in [0.4, 0.5) is 0 Å². The van der Waals surface area contributed by atoms with Gasteiger partial charge in [-0.2, -0.15) is 4.98 Å². The normalized spacial score (nSPS) is 17.7. The maximum atomic E-state index is 13.1. The van der Waals surface area contributed by atoms with E-state index in [1.807, 2.05) is 4.90 Å². The van der Waals surface area contributed by atoms with E-state index in [9.17, 15) is 18.0 Å². The summed E-state index contributed by atoms with van der Waals surface area (Å²) in [5.41, 5.74) is 1.15. The lowest BCUT2D eigenvalue weighted by molar-refractivity contribution is -0.136. The van der Waals surface area contributed by atoms with Gasteiger partial charge in [-0.3, -0.25) is 14.5 Å². The van der Waals surface area contributed by atoms with Gasteiger partial charge in [-0.25, -0.2) is 8.42 Å². The number of hydrogen-bond donors (Lipinski definition) is 0. The molecule has 2 amide bonds. The van der Waals surface area contributed by atoms with E-state index in [1.165, 1.54) is 7.11 Å². The molecule has 0 bridgehead atoms. The summed E-state index contributed by atoms with van der Waals surface area (Å²) in [6.45, 7) is 8.68. The molecule has 0 aliphatic carbocycles. The quantitative estimate of drug-likeness (QED) is 0.425. The van der Waals surface area contributed by atoms with Crippen molar-refractivity contribution in [3.63, 3.8) is 0 Å². The van der Waals surface area contributed by atoms with Crippen LogP contribution in [0, 0.1) is 13.8 Å². The van der Waals surface area contributed by atoms with Crippen LogP contribution in [0.5, 0.6) is 5.75 Å². The Hall–Kier alpha value is -3.03. The standard InChI is InChI=1S/C27H40N6O6S/c1-19-14-22(38-5)15-20(2)27(19)40(36,37)18-23-28-24(39-29-23)16-25(34)31(4)21-6-8-32(9-7-21)17-26(35)33-12-10-30(3)11-13-33/h14-15,21H,6-13,16-18H2,1-5H3. The smallest absolute Gasteiger partial charge is 0.236 e. The number of aryl methyl sites for hydroxylation is 2. The highest BCUT2D eigenvalue weighted by molar-refractivity contribution is 7.90. The van der Waals surface area contributed by atoms with E-state index < -0.39 is 15.6 Å². The maximum absolute atomic E-state index is 13.1. The van der Waals surface area contributed by atoms with Gasteiger partial charge in [-0.05, 0) is 57.0 Å². The summed E-state index contributed by atoms with van der Waals surface area (Å²) in [6.07, 6.45) is 1.44.